The summed E-state index contributed by atoms with van der Waals surface area (Å²) >= 11 is 0. The first-order valence-electron chi connectivity index (χ1n) is 7.16. The van der Waals surface area contributed by atoms with Gasteiger partial charge in [-0.3, -0.25) is 9.48 Å². The van der Waals surface area contributed by atoms with E-state index in [0.29, 0.717) is 19.4 Å². The van der Waals surface area contributed by atoms with Gasteiger partial charge in [0.1, 0.15) is 0 Å². The molecule has 20 heavy (non-hydrogen) atoms. The third-order valence-corrected chi connectivity index (χ3v) is 4.06. The van der Waals surface area contributed by atoms with E-state index in [2.05, 4.69) is 15.7 Å². The molecule has 0 saturated carbocycles. The Morgan fingerprint density at radius 2 is 2.30 bits per heavy atom. The van der Waals surface area contributed by atoms with Gasteiger partial charge in [0.2, 0.25) is 5.91 Å². The van der Waals surface area contributed by atoms with Crippen molar-refractivity contribution >= 4 is 5.91 Å². The van der Waals surface area contributed by atoms with Crippen molar-refractivity contribution < 1.29 is 9.90 Å². The van der Waals surface area contributed by atoms with Crippen molar-refractivity contribution in [3.8, 4) is 0 Å². The lowest BCUT2D eigenvalue weighted by Gasteiger charge is -2.29. The number of aromatic nitrogens is 2. The zero-order chi connectivity index (χ0) is 14.7. The summed E-state index contributed by atoms with van der Waals surface area (Å²) < 4.78 is 1.85. The van der Waals surface area contributed by atoms with Crippen molar-refractivity contribution in [2.24, 2.45) is 7.05 Å². The monoisotopic (exact) mass is 280 g/mol. The van der Waals surface area contributed by atoms with Crippen LogP contribution in [0.3, 0.4) is 0 Å². The number of piperidine rings is 1. The molecule has 6 heteroatoms. The number of aryl methyl sites for hydroxylation is 2. The summed E-state index contributed by atoms with van der Waals surface area (Å²) in [7, 11) is 1.91. The summed E-state index contributed by atoms with van der Waals surface area (Å²) in [5.74, 6) is -0.00129. The highest BCUT2D eigenvalue weighted by molar-refractivity contribution is 5.76. The molecule has 0 bridgehead atoms. The molecule has 1 saturated heterocycles. The molecule has 0 unspecified atom stereocenters. The zero-order valence-electron chi connectivity index (χ0n) is 12.4. The number of hydrogen-bond donors (Lipinski definition) is 3. The summed E-state index contributed by atoms with van der Waals surface area (Å²) in [6, 6.07) is -0.125. The largest absolute Gasteiger partial charge is 0.390 e. The molecule has 0 aromatic carbocycles. The molecule has 112 valence electrons. The molecule has 0 spiro atoms. The van der Waals surface area contributed by atoms with Gasteiger partial charge in [0.25, 0.3) is 0 Å². The Hall–Kier alpha value is -1.40. The quantitative estimate of drug-likeness (QED) is 0.714. The number of aliphatic hydroxyl groups is 1. The highest BCUT2D eigenvalue weighted by Crippen LogP contribution is 2.14. The van der Waals surface area contributed by atoms with E-state index in [4.69, 9.17) is 0 Å². The number of nitrogens with one attached hydrogen (secondary N) is 2. The van der Waals surface area contributed by atoms with Gasteiger partial charge < -0.3 is 15.7 Å². The van der Waals surface area contributed by atoms with Crippen LogP contribution in [-0.2, 0) is 18.3 Å². The maximum Gasteiger partial charge on any atom is 0.220 e. The smallest absolute Gasteiger partial charge is 0.220 e. The number of aliphatic hydroxyl groups excluding tert-OH is 1. The van der Waals surface area contributed by atoms with Gasteiger partial charge in [-0.2, -0.15) is 5.10 Å². The van der Waals surface area contributed by atoms with E-state index in [1.807, 2.05) is 25.6 Å². The summed E-state index contributed by atoms with van der Waals surface area (Å²) in [4.78, 5) is 12.0. The molecule has 3 N–H and O–H groups in total. The van der Waals surface area contributed by atoms with Crippen molar-refractivity contribution in [3.63, 3.8) is 0 Å². The molecular weight excluding hydrogens is 256 g/mol. The van der Waals surface area contributed by atoms with Gasteiger partial charge in [-0.25, -0.2) is 0 Å². The molecule has 2 rings (SSSR count). The summed E-state index contributed by atoms with van der Waals surface area (Å²) in [5, 5.41) is 20.2. The number of nitrogens with zero attached hydrogens (tertiary/aromatic N) is 2. The molecule has 1 aliphatic heterocycles. The Morgan fingerprint density at radius 3 is 2.90 bits per heavy atom. The first kappa shape index (κ1) is 15.0. The van der Waals surface area contributed by atoms with Crippen molar-refractivity contribution in [2.75, 3.05) is 13.1 Å². The van der Waals surface area contributed by atoms with Crippen LogP contribution in [0.2, 0.25) is 0 Å². The van der Waals surface area contributed by atoms with Gasteiger partial charge in [0.05, 0.1) is 17.8 Å². The molecule has 2 atom stereocenters. The van der Waals surface area contributed by atoms with Crippen LogP contribution in [0.1, 0.15) is 29.8 Å². The van der Waals surface area contributed by atoms with Crippen LogP contribution in [0.4, 0.5) is 0 Å². The molecule has 1 amide bonds. The molecule has 0 aliphatic carbocycles. The predicted octanol–water partition coefficient (Wildman–Crippen LogP) is -0.191. The second-order valence-corrected chi connectivity index (χ2v) is 5.51. The predicted molar refractivity (Wildman–Crippen MR) is 76.4 cm³/mol. The first-order chi connectivity index (χ1) is 9.49. The average molecular weight is 280 g/mol. The van der Waals surface area contributed by atoms with Gasteiger partial charge in [0, 0.05) is 25.7 Å². The molecule has 0 radical (unpaired) electrons. The Balaban J connectivity index is 1.86. The van der Waals surface area contributed by atoms with E-state index in [1.165, 1.54) is 0 Å². The minimum Gasteiger partial charge on any atom is -0.390 e. The highest BCUT2D eigenvalue weighted by atomic mass is 16.3. The van der Waals surface area contributed by atoms with E-state index in [1.54, 1.807) is 0 Å². The van der Waals surface area contributed by atoms with E-state index in [-0.39, 0.29) is 11.9 Å². The number of hydrogen-bond acceptors (Lipinski definition) is 4. The van der Waals surface area contributed by atoms with Gasteiger partial charge in [-0.05, 0) is 38.8 Å². The number of β-amino-alcohol motifs (C(OH)–C–C–N with tert-alkyl or cyclic N) is 1. The minimum absolute atomic E-state index is 0.00129. The van der Waals surface area contributed by atoms with Crippen molar-refractivity contribution in [3.05, 3.63) is 17.0 Å². The Bertz CT molecular complexity index is 484. The Morgan fingerprint density at radius 1 is 1.55 bits per heavy atom. The van der Waals surface area contributed by atoms with Gasteiger partial charge in [-0.15, -0.1) is 0 Å². The lowest BCUT2D eigenvalue weighted by atomic mass is 10.0. The third kappa shape index (κ3) is 3.37. The fourth-order valence-electron chi connectivity index (χ4n) is 2.71. The zero-order valence-corrected chi connectivity index (χ0v) is 12.4. The van der Waals surface area contributed by atoms with Gasteiger partial charge in [-0.1, -0.05) is 0 Å². The molecule has 1 aromatic heterocycles. The Labute approximate surface area is 119 Å². The van der Waals surface area contributed by atoms with Crippen LogP contribution in [0, 0.1) is 13.8 Å². The second kappa shape index (κ2) is 6.37. The fraction of sp³-hybridized carbons (Fsp3) is 0.714. The number of carbonyl (C=O) groups is 1. The first-order valence-corrected chi connectivity index (χ1v) is 7.16. The number of carbonyl (C=O) groups excluding carboxylic acids is 1. The van der Waals surface area contributed by atoms with Crippen LogP contribution in [0.25, 0.3) is 0 Å². The van der Waals surface area contributed by atoms with Crippen LogP contribution in [-0.4, -0.2) is 46.0 Å². The fourth-order valence-corrected chi connectivity index (χ4v) is 2.71. The average Bonchev–Trinajstić information content (AvgIpc) is 2.64. The molecule has 1 aromatic rings. The van der Waals surface area contributed by atoms with E-state index in [9.17, 15) is 9.90 Å². The van der Waals surface area contributed by atoms with Crippen molar-refractivity contribution in [1.29, 1.82) is 0 Å². The minimum atomic E-state index is -0.491. The van der Waals surface area contributed by atoms with Crippen LogP contribution in [0.5, 0.6) is 0 Å². The molecular formula is C14H24N4O2. The van der Waals surface area contributed by atoms with E-state index in [0.717, 1.165) is 29.9 Å². The standard InChI is InChI=1S/C14H24N4O2/c1-9-11(10(2)18(3)17-9)4-5-14(20)16-12-6-7-15-8-13(12)19/h12-13,15,19H,4-8H2,1-3H3,(H,16,20)/t12-,13-/m1/s1. The van der Waals surface area contributed by atoms with Crippen LogP contribution >= 0.6 is 0 Å². The number of rotatable bonds is 4. The second-order valence-electron chi connectivity index (χ2n) is 5.51. The lowest BCUT2D eigenvalue weighted by Crippen LogP contribution is -2.52. The van der Waals surface area contributed by atoms with Gasteiger partial charge in [0.15, 0.2) is 0 Å². The van der Waals surface area contributed by atoms with E-state index < -0.39 is 6.10 Å². The molecule has 6 nitrogen and oxygen atoms in total. The number of amides is 1. The maximum atomic E-state index is 12.0. The lowest BCUT2D eigenvalue weighted by molar-refractivity contribution is -0.122. The van der Waals surface area contributed by atoms with Crippen molar-refractivity contribution in [2.45, 2.75) is 45.3 Å². The molecule has 1 aliphatic rings. The SMILES string of the molecule is Cc1nn(C)c(C)c1CCC(=O)N[C@@H]1CCNC[C@H]1O. The van der Waals surface area contributed by atoms with Crippen LogP contribution < -0.4 is 10.6 Å². The van der Waals surface area contributed by atoms with Crippen molar-refractivity contribution in [1.82, 2.24) is 20.4 Å². The summed E-state index contributed by atoms with van der Waals surface area (Å²) in [6.45, 7) is 5.37. The highest BCUT2D eigenvalue weighted by Gasteiger charge is 2.24. The topological polar surface area (TPSA) is 79.2 Å². The van der Waals surface area contributed by atoms with Crippen LogP contribution in [0.15, 0.2) is 0 Å². The normalized spacial score (nSPS) is 22.8. The maximum absolute atomic E-state index is 12.0. The summed E-state index contributed by atoms with van der Waals surface area (Å²) in [6.07, 6.45) is 1.41. The molecule has 2 heterocycles. The Kier molecular flexibility index (Phi) is 4.77. The van der Waals surface area contributed by atoms with E-state index >= 15 is 0 Å². The summed E-state index contributed by atoms with van der Waals surface area (Å²) in [5.41, 5.74) is 3.24. The van der Waals surface area contributed by atoms with Gasteiger partial charge >= 0.3 is 0 Å². The third-order valence-electron chi connectivity index (χ3n) is 4.06. The molecule has 1 fully saturated rings.